The molecule has 4 rings (SSSR count). The lowest BCUT2D eigenvalue weighted by Gasteiger charge is -2.11. The fourth-order valence-electron chi connectivity index (χ4n) is 3.26. The first-order chi connectivity index (χ1) is 14.8. The summed E-state index contributed by atoms with van der Waals surface area (Å²) in [4.78, 5) is -0.111. The van der Waals surface area contributed by atoms with Gasteiger partial charge in [-0.15, -0.1) is 0 Å². The van der Waals surface area contributed by atoms with Crippen molar-refractivity contribution < 1.29 is 8.42 Å². The average molecular weight is 469 g/mol. The van der Waals surface area contributed by atoms with Gasteiger partial charge in [0.05, 0.1) is 11.4 Å². The summed E-state index contributed by atoms with van der Waals surface area (Å²) in [7, 11) is -4.05. The van der Waals surface area contributed by atoms with Crippen LogP contribution in [0.25, 0.3) is 28.2 Å². The zero-order valence-corrected chi connectivity index (χ0v) is 18.2. The van der Waals surface area contributed by atoms with Crippen LogP contribution in [0.1, 0.15) is 5.56 Å². The quantitative estimate of drug-likeness (QED) is 0.453. The number of aromatic nitrogens is 2. The Hall–Kier alpha value is -3.15. The van der Waals surface area contributed by atoms with E-state index < -0.39 is 10.0 Å². The molecule has 9 heteroatoms. The van der Waals surface area contributed by atoms with Gasteiger partial charge >= 0.3 is 0 Å². The van der Waals surface area contributed by atoms with Crippen molar-refractivity contribution in [3.8, 4) is 34.3 Å². The molecular weight excluding hydrogens is 455 g/mol. The van der Waals surface area contributed by atoms with Gasteiger partial charge in [0.15, 0.2) is 0 Å². The van der Waals surface area contributed by atoms with Gasteiger partial charge in [-0.05, 0) is 36.4 Å². The first-order valence-corrected chi connectivity index (χ1v) is 11.3. The van der Waals surface area contributed by atoms with E-state index in [1.807, 2.05) is 0 Å². The highest BCUT2D eigenvalue weighted by atomic mass is 35.5. The van der Waals surface area contributed by atoms with Crippen molar-refractivity contribution in [2.45, 2.75) is 4.90 Å². The van der Waals surface area contributed by atoms with E-state index in [1.54, 1.807) is 66.7 Å². The van der Waals surface area contributed by atoms with E-state index in [9.17, 15) is 13.7 Å². The van der Waals surface area contributed by atoms with Crippen LogP contribution < -0.4 is 5.14 Å². The summed E-state index contributed by atoms with van der Waals surface area (Å²) >= 11 is 12.0. The molecule has 0 fully saturated rings. The normalized spacial score (nSPS) is 11.3. The van der Waals surface area contributed by atoms with Gasteiger partial charge in [0.2, 0.25) is 10.0 Å². The van der Waals surface area contributed by atoms with Crippen molar-refractivity contribution in [3.63, 3.8) is 0 Å². The number of primary sulfonamides is 1. The fraction of sp³-hybridized carbons (Fsp3) is 0. The first-order valence-electron chi connectivity index (χ1n) is 8.97. The van der Waals surface area contributed by atoms with Gasteiger partial charge in [0.1, 0.15) is 22.2 Å². The van der Waals surface area contributed by atoms with Crippen LogP contribution >= 0.6 is 23.2 Å². The van der Waals surface area contributed by atoms with Crippen LogP contribution in [0.4, 0.5) is 0 Å². The van der Waals surface area contributed by atoms with Gasteiger partial charge in [0.25, 0.3) is 0 Å². The van der Waals surface area contributed by atoms with Crippen LogP contribution in [0.15, 0.2) is 77.7 Å². The monoisotopic (exact) mass is 468 g/mol. The molecule has 0 saturated carbocycles. The Morgan fingerprint density at radius 1 is 0.871 bits per heavy atom. The van der Waals surface area contributed by atoms with E-state index in [4.69, 9.17) is 28.3 Å². The van der Waals surface area contributed by atoms with Gasteiger partial charge < -0.3 is 0 Å². The Kier molecular flexibility index (Phi) is 5.56. The molecule has 0 aliphatic heterocycles. The summed E-state index contributed by atoms with van der Waals surface area (Å²) < 4.78 is 25.9. The highest BCUT2D eigenvalue weighted by Crippen LogP contribution is 2.36. The highest BCUT2D eigenvalue weighted by molar-refractivity contribution is 7.89. The van der Waals surface area contributed by atoms with Crippen molar-refractivity contribution >= 4 is 33.2 Å². The van der Waals surface area contributed by atoms with Crippen molar-refractivity contribution in [1.29, 1.82) is 5.26 Å². The topological polar surface area (TPSA) is 102 Å². The molecule has 1 heterocycles. The number of nitrogens with two attached hydrogens (primary N) is 1. The molecule has 0 saturated heterocycles. The van der Waals surface area contributed by atoms with E-state index in [0.717, 1.165) is 0 Å². The highest BCUT2D eigenvalue weighted by Gasteiger charge is 2.25. The second kappa shape index (κ2) is 8.17. The molecule has 0 radical (unpaired) electrons. The lowest BCUT2D eigenvalue weighted by atomic mass is 10.0. The summed E-state index contributed by atoms with van der Waals surface area (Å²) in [6.07, 6.45) is 0. The van der Waals surface area contributed by atoms with Crippen molar-refractivity contribution in [1.82, 2.24) is 9.78 Å². The van der Waals surface area contributed by atoms with Gasteiger partial charge in [0, 0.05) is 21.2 Å². The maximum atomic E-state index is 12.2. The predicted molar refractivity (Wildman–Crippen MR) is 121 cm³/mol. The van der Waals surface area contributed by atoms with Crippen molar-refractivity contribution in [2.24, 2.45) is 5.14 Å². The van der Waals surface area contributed by atoms with Crippen LogP contribution in [0, 0.1) is 11.3 Å². The predicted octanol–water partition coefficient (Wildman–Crippen LogP) is 5.03. The number of nitriles is 1. The molecule has 2 N–H and O–H groups in total. The van der Waals surface area contributed by atoms with E-state index in [2.05, 4.69) is 11.2 Å². The molecule has 0 spiro atoms. The van der Waals surface area contributed by atoms with Crippen LogP contribution in [0.2, 0.25) is 10.0 Å². The second-order valence-electron chi connectivity index (χ2n) is 6.62. The molecule has 0 aliphatic carbocycles. The summed E-state index contributed by atoms with van der Waals surface area (Å²) in [5.74, 6) is 0. The van der Waals surface area contributed by atoms with E-state index in [-0.39, 0.29) is 16.1 Å². The van der Waals surface area contributed by atoms with E-state index in [1.165, 1.54) is 10.7 Å². The average Bonchev–Trinajstić information content (AvgIpc) is 3.13. The molecule has 6 nitrogen and oxygen atoms in total. The van der Waals surface area contributed by atoms with Gasteiger partial charge in [-0.1, -0.05) is 59.6 Å². The largest absolute Gasteiger partial charge is 0.240 e. The second-order valence-corrected chi connectivity index (χ2v) is 9.03. The number of benzene rings is 3. The number of hydrogen-bond donors (Lipinski definition) is 1. The lowest BCUT2D eigenvalue weighted by Crippen LogP contribution is -2.16. The third-order valence-corrected chi connectivity index (χ3v) is 6.09. The number of rotatable bonds is 4. The van der Waals surface area contributed by atoms with Gasteiger partial charge in [-0.25, -0.2) is 18.2 Å². The van der Waals surface area contributed by atoms with Crippen LogP contribution in [-0.2, 0) is 10.0 Å². The first kappa shape index (κ1) is 21.1. The molecule has 0 unspecified atom stereocenters. The zero-order valence-electron chi connectivity index (χ0n) is 15.8. The maximum Gasteiger partial charge on any atom is 0.240 e. The number of hydrogen-bond acceptors (Lipinski definition) is 4. The number of nitrogens with zero attached hydrogens (tertiary/aromatic N) is 3. The maximum absolute atomic E-state index is 12.2. The van der Waals surface area contributed by atoms with E-state index >= 15 is 0 Å². The number of halogens is 2. The minimum absolute atomic E-state index is 0.111. The summed E-state index contributed by atoms with van der Waals surface area (Å²) in [6.45, 7) is 0. The summed E-state index contributed by atoms with van der Waals surface area (Å²) in [5, 5.41) is 21.2. The van der Waals surface area contributed by atoms with Gasteiger partial charge in [-0.3, -0.25) is 0 Å². The number of para-hydroxylation sites is 1. The molecule has 0 aliphatic rings. The lowest BCUT2D eigenvalue weighted by molar-refractivity contribution is 0.596. The third-order valence-electron chi connectivity index (χ3n) is 4.63. The third kappa shape index (κ3) is 4.07. The van der Waals surface area contributed by atoms with E-state index in [0.29, 0.717) is 32.6 Å². The molecule has 3 aromatic carbocycles. The smallest absolute Gasteiger partial charge is 0.230 e. The minimum atomic E-state index is -4.05. The summed E-state index contributed by atoms with van der Waals surface area (Å²) in [5.41, 5.74) is 2.59. The van der Waals surface area contributed by atoms with Crippen LogP contribution in [-0.4, -0.2) is 18.2 Å². The summed E-state index contributed by atoms with van der Waals surface area (Å²) in [6, 6.07) is 22.1. The Balaban J connectivity index is 2.09. The van der Waals surface area contributed by atoms with Gasteiger partial charge in [-0.2, -0.15) is 10.4 Å². The van der Waals surface area contributed by atoms with Crippen molar-refractivity contribution in [2.75, 3.05) is 0 Å². The Labute approximate surface area is 189 Å². The molecule has 0 amide bonds. The Morgan fingerprint density at radius 2 is 1.42 bits per heavy atom. The fourth-order valence-corrected chi connectivity index (χ4v) is 4.22. The standard InChI is InChI=1S/C22H14Cl2N4O2S/c23-16-9-5-14(6-10-16)21-18(13-25)22(15-7-11-17(24)12-8-15)28(27-21)19-3-1-2-4-20(19)31(26,29)30/h1-12H,(H2,26,29,30). The van der Waals surface area contributed by atoms with Crippen LogP contribution in [0.5, 0.6) is 0 Å². The Bertz CT molecular complexity index is 1420. The molecular formula is C22H14Cl2N4O2S. The molecule has 1 aromatic heterocycles. The molecule has 4 aromatic rings. The molecule has 0 bridgehead atoms. The minimum Gasteiger partial charge on any atom is -0.230 e. The molecule has 31 heavy (non-hydrogen) atoms. The zero-order chi connectivity index (χ0) is 22.2. The number of sulfonamides is 1. The Morgan fingerprint density at radius 3 is 1.97 bits per heavy atom. The van der Waals surface area contributed by atoms with Crippen LogP contribution in [0.3, 0.4) is 0 Å². The van der Waals surface area contributed by atoms with Crippen molar-refractivity contribution in [3.05, 3.63) is 88.4 Å². The molecule has 154 valence electrons. The SMILES string of the molecule is N#Cc1c(-c2ccc(Cl)cc2)nn(-c2ccccc2S(N)(=O)=O)c1-c1ccc(Cl)cc1. The molecule has 0 atom stereocenters.